The number of rotatable bonds is 3. The molecule has 0 radical (unpaired) electrons. The molecule has 1 saturated carbocycles. The van der Waals surface area contributed by atoms with Crippen molar-refractivity contribution in [2.45, 2.75) is 51.6 Å². The number of nitrogens with zero attached hydrogens (tertiary/aromatic N) is 1. The monoisotopic (exact) mass is 265 g/mol. The van der Waals surface area contributed by atoms with E-state index in [-0.39, 0.29) is 11.9 Å². The van der Waals surface area contributed by atoms with E-state index in [1.165, 1.54) is 37.8 Å². The third-order valence-electron chi connectivity index (χ3n) is 3.58. The Bertz CT molecular complexity index is 451. The summed E-state index contributed by atoms with van der Waals surface area (Å²) in [4.78, 5) is 0. The van der Waals surface area contributed by atoms with Crippen LogP contribution in [0.2, 0.25) is 0 Å². The number of oxime groups is 1. The molecule has 104 valence electrons. The van der Waals surface area contributed by atoms with Crippen molar-refractivity contribution in [3.05, 3.63) is 29.6 Å². The molecule has 4 heteroatoms. The van der Waals surface area contributed by atoms with E-state index >= 15 is 0 Å². The Morgan fingerprint density at radius 2 is 1.95 bits per heavy atom. The molecule has 0 amide bonds. The standard InChI is InChI=1S/C15H20FNO2/c1-11(17-18)14-10-12(16)8-9-15(14)19-13-6-4-2-3-5-7-13/h8-10,13,18H,2-7H2,1H3/b17-11-. The van der Waals surface area contributed by atoms with Crippen LogP contribution in [0, 0.1) is 5.82 Å². The highest BCUT2D eigenvalue weighted by Crippen LogP contribution is 2.26. The van der Waals surface area contributed by atoms with Crippen molar-refractivity contribution in [1.29, 1.82) is 0 Å². The maximum Gasteiger partial charge on any atom is 0.129 e. The van der Waals surface area contributed by atoms with E-state index in [4.69, 9.17) is 9.94 Å². The molecule has 1 aliphatic rings. The zero-order chi connectivity index (χ0) is 13.7. The molecule has 0 unspecified atom stereocenters. The second-order valence-electron chi connectivity index (χ2n) is 5.06. The number of benzene rings is 1. The summed E-state index contributed by atoms with van der Waals surface area (Å²) in [5, 5.41) is 12.0. The second kappa shape index (κ2) is 6.55. The molecule has 19 heavy (non-hydrogen) atoms. The van der Waals surface area contributed by atoms with Crippen LogP contribution in [-0.2, 0) is 0 Å². The molecule has 0 spiro atoms. The number of hydrogen-bond donors (Lipinski definition) is 1. The lowest BCUT2D eigenvalue weighted by Gasteiger charge is -2.19. The molecule has 0 saturated heterocycles. The molecule has 1 aliphatic carbocycles. The van der Waals surface area contributed by atoms with E-state index < -0.39 is 0 Å². The minimum absolute atomic E-state index is 0.179. The van der Waals surface area contributed by atoms with Gasteiger partial charge >= 0.3 is 0 Å². The van der Waals surface area contributed by atoms with E-state index in [1.807, 2.05) is 0 Å². The first-order valence-electron chi connectivity index (χ1n) is 6.86. The first-order valence-corrected chi connectivity index (χ1v) is 6.86. The molecule has 0 bridgehead atoms. The first kappa shape index (κ1) is 13.8. The van der Waals surface area contributed by atoms with Crippen LogP contribution in [0.3, 0.4) is 0 Å². The molecule has 1 N–H and O–H groups in total. The van der Waals surface area contributed by atoms with Gasteiger partial charge in [0.1, 0.15) is 11.6 Å². The maximum atomic E-state index is 13.3. The Kier molecular flexibility index (Phi) is 4.77. The fraction of sp³-hybridized carbons (Fsp3) is 0.533. The summed E-state index contributed by atoms with van der Waals surface area (Å²) in [5.74, 6) is 0.245. The van der Waals surface area contributed by atoms with Gasteiger partial charge in [-0.25, -0.2) is 4.39 Å². The Morgan fingerprint density at radius 1 is 1.26 bits per heavy atom. The van der Waals surface area contributed by atoms with Gasteiger partial charge in [0.15, 0.2) is 0 Å². The van der Waals surface area contributed by atoms with Crippen molar-refractivity contribution in [3.8, 4) is 5.75 Å². The third-order valence-corrected chi connectivity index (χ3v) is 3.58. The van der Waals surface area contributed by atoms with Crippen molar-refractivity contribution < 1.29 is 14.3 Å². The summed E-state index contributed by atoms with van der Waals surface area (Å²) in [6.07, 6.45) is 7.11. The summed E-state index contributed by atoms with van der Waals surface area (Å²) < 4.78 is 19.3. The molecule has 3 nitrogen and oxygen atoms in total. The summed E-state index contributed by atoms with van der Waals surface area (Å²) in [6.45, 7) is 1.63. The molecule has 0 aromatic heterocycles. The van der Waals surface area contributed by atoms with Crippen LogP contribution in [0.25, 0.3) is 0 Å². The average molecular weight is 265 g/mol. The van der Waals surface area contributed by atoms with Crippen molar-refractivity contribution in [1.82, 2.24) is 0 Å². The SMILES string of the molecule is C/C(=N/O)c1cc(F)ccc1OC1CCCCCC1. The second-order valence-corrected chi connectivity index (χ2v) is 5.06. The number of halogens is 1. The van der Waals surface area contributed by atoms with E-state index in [0.29, 0.717) is 17.0 Å². The van der Waals surface area contributed by atoms with E-state index in [1.54, 1.807) is 13.0 Å². The zero-order valence-electron chi connectivity index (χ0n) is 11.2. The number of hydrogen-bond acceptors (Lipinski definition) is 3. The normalized spacial score (nSPS) is 18.1. The van der Waals surface area contributed by atoms with Crippen molar-refractivity contribution >= 4 is 5.71 Å². The largest absolute Gasteiger partial charge is 0.490 e. The van der Waals surface area contributed by atoms with Gasteiger partial charge in [0, 0.05) is 5.56 Å². The van der Waals surface area contributed by atoms with Gasteiger partial charge < -0.3 is 9.94 Å². The highest BCUT2D eigenvalue weighted by Gasteiger charge is 2.17. The van der Waals surface area contributed by atoms with Crippen LogP contribution in [0.1, 0.15) is 51.0 Å². The Hall–Kier alpha value is -1.58. The van der Waals surface area contributed by atoms with Gasteiger partial charge in [-0.1, -0.05) is 18.0 Å². The van der Waals surface area contributed by atoms with Gasteiger partial charge in [-0.3, -0.25) is 0 Å². The smallest absolute Gasteiger partial charge is 0.129 e. The van der Waals surface area contributed by atoms with E-state index in [9.17, 15) is 4.39 Å². The molecule has 0 aliphatic heterocycles. The fourth-order valence-electron chi connectivity index (χ4n) is 2.48. The predicted octanol–water partition coefficient (Wildman–Crippen LogP) is 4.13. The highest BCUT2D eigenvalue weighted by atomic mass is 19.1. The van der Waals surface area contributed by atoms with Crippen LogP contribution < -0.4 is 4.74 Å². The minimum atomic E-state index is -0.355. The summed E-state index contributed by atoms with van der Waals surface area (Å²) in [7, 11) is 0. The number of ether oxygens (including phenoxy) is 1. The Labute approximate surface area is 113 Å². The summed E-state index contributed by atoms with van der Waals surface area (Å²) in [5.41, 5.74) is 0.884. The van der Waals surface area contributed by atoms with Crippen LogP contribution in [0.15, 0.2) is 23.4 Å². The minimum Gasteiger partial charge on any atom is -0.490 e. The Balaban J connectivity index is 2.18. The molecule has 1 aromatic carbocycles. The third kappa shape index (κ3) is 3.69. The molecular weight excluding hydrogens is 245 g/mol. The van der Waals surface area contributed by atoms with Crippen LogP contribution >= 0.6 is 0 Å². The lowest BCUT2D eigenvalue weighted by molar-refractivity contribution is 0.183. The topological polar surface area (TPSA) is 41.8 Å². The van der Waals surface area contributed by atoms with Crippen molar-refractivity contribution in [2.24, 2.45) is 5.16 Å². The fourth-order valence-corrected chi connectivity index (χ4v) is 2.48. The first-order chi connectivity index (χ1) is 9.20. The zero-order valence-corrected chi connectivity index (χ0v) is 11.2. The van der Waals surface area contributed by atoms with Crippen LogP contribution in [0.5, 0.6) is 5.75 Å². The molecule has 0 heterocycles. The van der Waals surface area contributed by atoms with Crippen molar-refractivity contribution in [3.63, 3.8) is 0 Å². The quantitative estimate of drug-likeness (QED) is 0.386. The van der Waals surface area contributed by atoms with Crippen LogP contribution in [0.4, 0.5) is 4.39 Å². The maximum absolute atomic E-state index is 13.3. The van der Waals surface area contributed by atoms with Gasteiger partial charge in [-0.2, -0.15) is 0 Å². The van der Waals surface area contributed by atoms with Gasteiger partial charge in [-0.05, 0) is 50.8 Å². The molecule has 1 aromatic rings. The molecule has 0 atom stereocenters. The van der Waals surface area contributed by atoms with E-state index in [2.05, 4.69) is 5.16 Å². The lowest BCUT2D eigenvalue weighted by atomic mass is 10.1. The summed E-state index contributed by atoms with van der Waals surface area (Å²) >= 11 is 0. The predicted molar refractivity (Wildman–Crippen MR) is 72.5 cm³/mol. The van der Waals surface area contributed by atoms with Gasteiger partial charge in [0.2, 0.25) is 0 Å². The molecule has 2 rings (SSSR count). The van der Waals surface area contributed by atoms with E-state index in [0.717, 1.165) is 12.8 Å². The van der Waals surface area contributed by atoms with Gasteiger partial charge in [-0.15, -0.1) is 0 Å². The van der Waals surface area contributed by atoms with Gasteiger partial charge in [0.05, 0.1) is 11.8 Å². The van der Waals surface area contributed by atoms with Gasteiger partial charge in [0.25, 0.3) is 0 Å². The van der Waals surface area contributed by atoms with Crippen LogP contribution in [-0.4, -0.2) is 17.0 Å². The highest BCUT2D eigenvalue weighted by molar-refractivity contribution is 6.00. The molecular formula is C15H20FNO2. The summed E-state index contributed by atoms with van der Waals surface area (Å²) in [6, 6.07) is 4.34. The Morgan fingerprint density at radius 3 is 2.58 bits per heavy atom. The average Bonchev–Trinajstić information content (AvgIpc) is 2.68. The van der Waals surface area contributed by atoms with Crippen molar-refractivity contribution in [2.75, 3.05) is 0 Å². The lowest BCUT2D eigenvalue weighted by Crippen LogP contribution is -2.17. The molecule has 1 fully saturated rings.